The van der Waals surface area contributed by atoms with Crippen LogP contribution >= 0.6 is 36.7 Å². The zero-order valence-electron chi connectivity index (χ0n) is 7.62. The van der Waals surface area contributed by atoms with Crippen LogP contribution in [-0.4, -0.2) is 73.6 Å². The molecule has 0 fully saturated rings. The van der Waals surface area contributed by atoms with Crippen LogP contribution in [0, 0.1) is 0 Å². The molecular formula is C5H14N3NaO4S3. The monoisotopic (exact) mass is 299 g/mol. The molecule has 0 radical (unpaired) electrons. The summed E-state index contributed by atoms with van der Waals surface area (Å²) >= 11 is 12.0. The molecule has 0 aliphatic rings. The zero-order chi connectivity index (χ0) is 12.9. The SMILES string of the molecule is NC(=S)OCCO.NC(O)=S.NC(O)=S.[NaH]. The second-order valence-electron chi connectivity index (χ2n) is 1.57. The molecular weight excluding hydrogens is 285 g/mol. The van der Waals surface area contributed by atoms with Crippen LogP contribution in [0.4, 0.5) is 0 Å². The number of thiocarbonyl (C=S) groups is 3. The Balaban J connectivity index is -0.0000000700. The maximum absolute atomic E-state index is 8.07. The van der Waals surface area contributed by atoms with Crippen molar-refractivity contribution in [2.75, 3.05) is 13.2 Å². The third-order valence-corrected chi connectivity index (χ3v) is 0.453. The quantitative estimate of drug-likeness (QED) is 0.254. The number of rotatable bonds is 2. The average Bonchev–Trinajstić information content (AvgIpc) is 1.98. The number of hydrogen-bond donors (Lipinski definition) is 6. The Morgan fingerprint density at radius 3 is 1.31 bits per heavy atom. The molecule has 92 valence electrons. The van der Waals surface area contributed by atoms with Gasteiger partial charge in [-0.1, -0.05) is 0 Å². The fourth-order valence-electron chi connectivity index (χ4n) is 0.146. The summed E-state index contributed by atoms with van der Waals surface area (Å²) in [6.07, 6.45) is 0. The standard InChI is InChI=1S/C3H7NO2S.2CH3NOS.Na.H/c4-3(7)6-2-1-5;2*2-1(3)4;;/h5H,1-2H2,(H2,4,7);2*(H3,2,3,4);;. The third kappa shape index (κ3) is 147. The van der Waals surface area contributed by atoms with E-state index in [4.69, 9.17) is 21.1 Å². The van der Waals surface area contributed by atoms with Crippen molar-refractivity contribution in [1.29, 1.82) is 0 Å². The molecule has 0 unspecified atom stereocenters. The molecule has 16 heavy (non-hydrogen) atoms. The minimum absolute atomic E-state index is 0. The molecule has 7 nitrogen and oxygen atoms in total. The van der Waals surface area contributed by atoms with Gasteiger partial charge in [0.25, 0.3) is 15.5 Å². The fraction of sp³-hybridized carbons (Fsp3) is 0.400. The van der Waals surface area contributed by atoms with E-state index in [0.29, 0.717) is 0 Å². The van der Waals surface area contributed by atoms with E-state index < -0.39 is 10.3 Å². The molecule has 0 aromatic carbocycles. The minimum atomic E-state index is -0.500. The summed E-state index contributed by atoms with van der Waals surface area (Å²) in [5.74, 6) is 0. The van der Waals surface area contributed by atoms with Gasteiger partial charge in [0.1, 0.15) is 6.61 Å². The molecule has 11 heteroatoms. The van der Waals surface area contributed by atoms with Gasteiger partial charge >= 0.3 is 29.6 Å². The van der Waals surface area contributed by atoms with E-state index in [0.717, 1.165) is 0 Å². The molecule has 0 saturated heterocycles. The van der Waals surface area contributed by atoms with Crippen molar-refractivity contribution in [2.45, 2.75) is 0 Å². The molecule has 0 aromatic rings. The van der Waals surface area contributed by atoms with E-state index in [-0.39, 0.29) is 47.9 Å². The van der Waals surface area contributed by atoms with Crippen molar-refractivity contribution in [2.24, 2.45) is 17.2 Å². The molecule has 0 saturated carbocycles. The fourth-order valence-corrected chi connectivity index (χ4v) is 0.230. The summed E-state index contributed by atoms with van der Waals surface area (Å²) in [6.45, 7) is 0.146. The van der Waals surface area contributed by atoms with Crippen LogP contribution < -0.4 is 17.2 Å². The maximum atomic E-state index is 8.07. The van der Waals surface area contributed by atoms with Crippen LogP contribution in [-0.2, 0) is 4.74 Å². The summed E-state index contributed by atoms with van der Waals surface area (Å²) in [7, 11) is 0. The second-order valence-corrected chi connectivity index (χ2v) is 2.81. The Labute approximate surface area is 131 Å². The van der Waals surface area contributed by atoms with Crippen LogP contribution in [0.1, 0.15) is 0 Å². The molecule has 0 heterocycles. The van der Waals surface area contributed by atoms with Crippen molar-refractivity contribution in [3.63, 3.8) is 0 Å². The second kappa shape index (κ2) is 20.4. The van der Waals surface area contributed by atoms with E-state index in [1.54, 1.807) is 0 Å². The van der Waals surface area contributed by atoms with Crippen molar-refractivity contribution in [1.82, 2.24) is 0 Å². The Morgan fingerprint density at radius 1 is 1.00 bits per heavy atom. The van der Waals surface area contributed by atoms with Crippen LogP contribution in [0.5, 0.6) is 0 Å². The van der Waals surface area contributed by atoms with Gasteiger partial charge < -0.3 is 37.3 Å². The van der Waals surface area contributed by atoms with Gasteiger partial charge in [-0.3, -0.25) is 0 Å². The van der Waals surface area contributed by atoms with E-state index in [1.165, 1.54) is 0 Å². The normalized spacial score (nSPS) is 6.56. The molecule has 0 bridgehead atoms. The summed E-state index contributed by atoms with van der Waals surface area (Å²) < 4.78 is 4.45. The molecule has 0 aliphatic carbocycles. The zero-order valence-corrected chi connectivity index (χ0v) is 10.1. The molecule has 0 aliphatic heterocycles. The first-order valence-electron chi connectivity index (χ1n) is 3.23. The van der Waals surface area contributed by atoms with Crippen LogP contribution in [0.15, 0.2) is 0 Å². The number of aliphatic hydroxyl groups is 3. The Kier molecular flexibility index (Phi) is 32.0. The topological polar surface area (TPSA) is 148 Å². The van der Waals surface area contributed by atoms with Gasteiger partial charge in [0.2, 0.25) is 0 Å². The molecule has 0 aromatic heterocycles. The average molecular weight is 299 g/mol. The van der Waals surface area contributed by atoms with Gasteiger partial charge in [0.15, 0.2) is 0 Å². The third-order valence-electron chi connectivity index (χ3n) is 0.336. The summed E-state index contributed by atoms with van der Waals surface area (Å²) in [4.78, 5) is 0. The van der Waals surface area contributed by atoms with Crippen molar-refractivity contribution >= 4 is 81.7 Å². The first kappa shape index (κ1) is 25.0. The van der Waals surface area contributed by atoms with E-state index in [2.05, 4.69) is 52.9 Å². The van der Waals surface area contributed by atoms with E-state index in [9.17, 15) is 0 Å². The summed E-state index contributed by atoms with van der Waals surface area (Å²) in [5, 5.41) is 22.2. The molecule has 0 spiro atoms. The number of ether oxygens (including phenoxy) is 1. The van der Waals surface area contributed by atoms with Crippen molar-refractivity contribution in [3.8, 4) is 0 Å². The molecule has 0 rings (SSSR count). The van der Waals surface area contributed by atoms with Gasteiger partial charge in [-0.05, 0) is 36.7 Å². The van der Waals surface area contributed by atoms with E-state index in [1.807, 2.05) is 0 Å². The number of nitrogens with two attached hydrogens (primary N) is 3. The van der Waals surface area contributed by atoms with Gasteiger partial charge in [0.05, 0.1) is 6.61 Å². The predicted octanol–water partition coefficient (Wildman–Crippen LogP) is -1.83. The van der Waals surface area contributed by atoms with Crippen LogP contribution in [0.25, 0.3) is 0 Å². The Hall–Kier alpha value is 0.0300. The first-order valence-corrected chi connectivity index (χ1v) is 4.46. The molecule has 9 N–H and O–H groups in total. The van der Waals surface area contributed by atoms with Gasteiger partial charge in [-0.2, -0.15) is 0 Å². The van der Waals surface area contributed by atoms with Crippen molar-refractivity contribution in [3.05, 3.63) is 0 Å². The Morgan fingerprint density at radius 2 is 1.25 bits per heavy atom. The van der Waals surface area contributed by atoms with Gasteiger partial charge in [0, 0.05) is 0 Å². The number of hydrogen-bond acceptors (Lipinski definition) is 5. The van der Waals surface area contributed by atoms with Crippen LogP contribution in [0.3, 0.4) is 0 Å². The van der Waals surface area contributed by atoms with Gasteiger partial charge in [-0.15, -0.1) is 0 Å². The van der Waals surface area contributed by atoms with E-state index >= 15 is 0 Å². The van der Waals surface area contributed by atoms with Gasteiger partial charge in [-0.25, -0.2) is 0 Å². The molecule has 0 amide bonds. The first-order chi connectivity index (χ1) is 6.73. The Bertz CT molecular complexity index is 187. The molecule has 0 atom stereocenters. The summed E-state index contributed by atoms with van der Waals surface area (Å²) in [6, 6.07) is 0. The van der Waals surface area contributed by atoms with Crippen LogP contribution in [0.2, 0.25) is 0 Å². The number of aliphatic hydroxyl groups excluding tert-OH is 3. The predicted molar refractivity (Wildman–Crippen MR) is 75.8 cm³/mol. The van der Waals surface area contributed by atoms with Crippen molar-refractivity contribution < 1.29 is 20.1 Å². The summed E-state index contributed by atoms with van der Waals surface area (Å²) in [5.41, 5.74) is 13.7.